The van der Waals surface area contributed by atoms with Crippen LogP contribution in [0.4, 0.5) is 0 Å². The van der Waals surface area contributed by atoms with E-state index in [1.807, 2.05) is 31.2 Å². The molecule has 2 atom stereocenters. The molecular weight excluding hydrogens is 232 g/mol. The van der Waals surface area contributed by atoms with Crippen LogP contribution in [0.3, 0.4) is 0 Å². The number of hydrogen-bond donors (Lipinski definition) is 1. The maximum Gasteiger partial charge on any atom is 0.335 e. The molecule has 1 N–H and O–H groups in total. The van der Waals surface area contributed by atoms with Gasteiger partial charge >= 0.3 is 5.97 Å². The van der Waals surface area contributed by atoms with E-state index >= 15 is 0 Å². The Bertz CT molecular complexity index is 389. The van der Waals surface area contributed by atoms with E-state index in [9.17, 15) is 9.90 Å². The van der Waals surface area contributed by atoms with Crippen molar-refractivity contribution in [3.63, 3.8) is 0 Å². The standard InChI is InChI=1S/C14H20O4/c1-4-18-14(16)13(15)10(2)9-11-7-5-6-8-12(11)17-3/h5-8,10,13,15H,4,9H2,1-3H3. The smallest absolute Gasteiger partial charge is 0.335 e. The molecule has 0 saturated carbocycles. The third-order valence-electron chi connectivity index (χ3n) is 2.80. The van der Waals surface area contributed by atoms with Crippen molar-refractivity contribution in [2.45, 2.75) is 26.4 Å². The number of carbonyl (C=O) groups excluding carboxylic acids is 1. The van der Waals surface area contributed by atoms with E-state index in [1.165, 1.54) is 0 Å². The monoisotopic (exact) mass is 252 g/mol. The lowest BCUT2D eigenvalue weighted by Gasteiger charge is -2.18. The van der Waals surface area contributed by atoms with Crippen LogP contribution in [0, 0.1) is 5.92 Å². The molecule has 4 heteroatoms. The Morgan fingerprint density at radius 3 is 2.67 bits per heavy atom. The molecule has 0 amide bonds. The summed E-state index contributed by atoms with van der Waals surface area (Å²) < 4.78 is 10.0. The summed E-state index contributed by atoms with van der Waals surface area (Å²) in [5.41, 5.74) is 0.968. The molecule has 0 aliphatic heterocycles. The van der Waals surface area contributed by atoms with E-state index in [4.69, 9.17) is 9.47 Å². The van der Waals surface area contributed by atoms with Gasteiger partial charge in [-0.1, -0.05) is 25.1 Å². The second-order valence-electron chi connectivity index (χ2n) is 4.19. The Morgan fingerprint density at radius 1 is 1.39 bits per heavy atom. The van der Waals surface area contributed by atoms with Gasteiger partial charge in [-0.25, -0.2) is 4.79 Å². The summed E-state index contributed by atoms with van der Waals surface area (Å²) in [6.07, 6.45) is -0.542. The van der Waals surface area contributed by atoms with Crippen LogP contribution in [-0.2, 0) is 16.0 Å². The number of esters is 1. The second kappa shape index (κ2) is 7.01. The first-order chi connectivity index (χ1) is 8.60. The third kappa shape index (κ3) is 3.74. The quantitative estimate of drug-likeness (QED) is 0.784. The number of para-hydroxylation sites is 1. The van der Waals surface area contributed by atoms with Crippen molar-refractivity contribution < 1.29 is 19.4 Å². The van der Waals surface area contributed by atoms with E-state index in [0.29, 0.717) is 6.42 Å². The Hall–Kier alpha value is -1.55. The molecule has 0 saturated heterocycles. The van der Waals surface area contributed by atoms with E-state index < -0.39 is 12.1 Å². The van der Waals surface area contributed by atoms with Crippen molar-refractivity contribution in [1.82, 2.24) is 0 Å². The molecule has 100 valence electrons. The molecule has 1 aromatic carbocycles. The molecule has 0 heterocycles. The van der Waals surface area contributed by atoms with Crippen molar-refractivity contribution in [1.29, 1.82) is 0 Å². The molecule has 0 fully saturated rings. The fourth-order valence-corrected chi connectivity index (χ4v) is 1.79. The van der Waals surface area contributed by atoms with E-state index in [0.717, 1.165) is 11.3 Å². The number of ether oxygens (including phenoxy) is 2. The first kappa shape index (κ1) is 14.5. The van der Waals surface area contributed by atoms with Crippen LogP contribution in [0.15, 0.2) is 24.3 Å². The maximum atomic E-state index is 11.4. The Balaban J connectivity index is 2.69. The van der Waals surface area contributed by atoms with Gasteiger partial charge in [-0.05, 0) is 30.9 Å². The number of rotatable bonds is 6. The number of carbonyl (C=O) groups is 1. The lowest BCUT2D eigenvalue weighted by molar-refractivity contribution is -0.155. The minimum atomic E-state index is -1.10. The molecular formula is C14H20O4. The number of aliphatic hydroxyl groups excluding tert-OH is 1. The first-order valence-electron chi connectivity index (χ1n) is 6.06. The van der Waals surface area contributed by atoms with Crippen LogP contribution in [0.1, 0.15) is 19.4 Å². The van der Waals surface area contributed by atoms with Crippen LogP contribution < -0.4 is 4.74 Å². The highest BCUT2D eigenvalue weighted by molar-refractivity contribution is 5.74. The molecule has 0 bridgehead atoms. The SMILES string of the molecule is CCOC(=O)C(O)C(C)Cc1ccccc1OC. The van der Waals surface area contributed by atoms with Crippen molar-refractivity contribution in [3.05, 3.63) is 29.8 Å². The van der Waals surface area contributed by atoms with Gasteiger partial charge in [-0.3, -0.25) is 0 Å². The highest BCUT2D eigenvalue weighted by Crippen LogP contribution is 2.22. The molecule has 0 aliphatic rings. The summed E-state index contributed by atoms with van der Waals surface area (Å²) in [6, 6.07) is 7.57. The van der Waals surface area contributed by atoms with E-state index in [-0.39, 0.29) is 12.5 Å². The predicted octanol–water partition coefficient (Wildman–Crippen LogP) is 1.80. The molecule has 0 aliphatic carbocycles. The fraction of sp³-hybridized carbons (Fsp3) is 0.500. The van der Waals surface area contributed by atoms with Gasteiger partial charge in [0.25, 0.3) is 0 Å². The van der Waals surface area contributed by atoms with Gasteiger partial charge in [0.15, 0.2) is 6.10 Å². The minimum Gasteiger partial charge on any atom is -0.496 e. The highest BCUT2D eigenvalue weighted by Gasteiger charge is 2.24. The summed E-state index contributed by atoms with van der Waals surface area (Å²) >= 11 is 0. The summed E-state index contributed by atoms with van der Waals surface area (Å²) in [4.78, 5) is 11.4. The van der Waals surface area contributed by atoms with Crippen molar-refractivity contribution >= 4 is 5.97 Å². The average molecular weight is 252 g/mol. The number of methoxy groups -OCH3 is 1. The van der Waals surface area contributed by atoms with Gasteiger partial charge in [0, 0.05) is 0 Å². The zero-order valence-corrected chi connectivity index (χ0v) is 11.1. The lowest BCUT2D eigenvalue weighted by atomic mass is 9.95. The van der Waals surface area contributed by atoms with Crippen LogP contribution in [-0.4, -0.2) is 30.9 Å². The zero-order valence-electron chi connectivity index (χ0n) is 11.1. The lowest BCUT2D eigenvalue weighted by Crippen LogP contribution is -2.31. The normalized spacial score (nSPS) is 13.8. The van der Waals surface area contributed by atoms with Gasteiger partial charge < -0.3 is 14.6 Å². The van der Waals surface area contributed by atoms with Gasteiger partial charge in [0.05, 0.1) is 13.7 Å². The first-order valence-corrected chi connectivity index (χ1v) is 6.06. The second-order valence-corrected chi connectivity index (χ2v) is 4.19. The molecule has 0 aromatic heterocycles. The van der Waals surface area contributed by atoms with Gasteiger partial charge in [0.1, 0.15) is 5.75 Å². The van der Waals surface area contributed by atoms with Crippen molar-refractivity contribution in [3.8, 4) is 5.75 Å². The van der Waals surface area contributed by atoms with Gasteiger partial charge in [0.2, 0.25) is 0 Å². The van der Waals surface area contributed by atoms with E-state index in [1.54, 1.807) is 14.0 Å². The maximum absolute atomic E-state index is 11.4. The third-order valence-corrected chi connectivity index (χ3v) is 2.80. The fourth-order valence-electron chi connectivity index (χ4n) is 1.79. The van der Waals surface area contributed by atoms with Crippen molar-refractivity contribution in [2.75, 3.05) is 13.7 Å². The molecule has 0 spiro atoms. The zero-order chi connectivity index (χ0) is 13.5. The van der Waals surface area contributed by atoms with Crippen LogP contribution in [0.2, 0.25) is 0 Å². The van der Waals surface area contributed by atoms with Gasteiger partial charge in [-0.15, -0.1) is 0 Å². The van der Waals surface area contributed by atoms with Crippen molar-refractivity contribution in [2.24, 2.45) is 5.92 Å². The molecule has 4 nitrogen and oxygen atoms in total. The highest BCUT2D eigenvalue weighted by atomic mass is 16.5. The molecule has 0 radical (unpaired) electrons. The number of aliphatic hydroxyl groups is 1. The van der Waals surface area contributed by atoms with Crippen LogP contribution in [0.5, 0.6) is 5.75 Å². The van der Waals surface area contributed by atoms with E-state index in [2.05, 4.69) is 0 Å². The molecule has 1 aromatic rings. The largest absolute Gasteiger partial charge is 0.496 e. The average Bonchev–Trinajstić information content (AvgIpc) is 2.38. The Morgan fingerprint density at radius 2 is 2.06 bits per heavy atom. The molecule has 2 unspecified atom stereocenters. The summed E-state index contributed by atoms with van der Waals surface area (Å²) in [5.74, 6) is -0.0272. The topological polar surface area (TPSA) is 55.8 Å². The van der Waals surface area contributed by atoms with Crippen LogP contribution >= 0.6 is 0 Å². The Kier molecular flexibility index (Phi) is 5.65. The number of hydrogen-bond acceptors (Lipinski definition) is 4. The van der Waals surface area contributed by atoms with Crippen LogP contribution in [0.25, 0.3) is 0 Å². The van der Waals surface area contributed by atoms with Gasteiger partial charge in [-0.2, -0.15) is 0 Å². The summed E-state index contributed by atoms with van der Waals surface area (Å²) in [6.45, 7) is 3.81. The molecule has 18 heavy (non-hydrogen) atoms. The summed E-state index contributed by atoms with van der Waals surface area (Å²) in [5, 5.41) is 9.83. The Labute approximate surface area is 108 Å². The summed E-state index contributed by atoms with van der Waals surface area (Å²) in [7, 11) is 1.60. The minimum absolute atomic E-state index is 0.222. The molecule has 1 rings (SSSR count). The number of benzene rings is 1. The predicted molar refractivity (Wildman–Crippen MR) is 68.5 cm³/mol.